The summed E-state index contributed by atoms with van der Waals surface area (Å²) in [5.41, 5.74) is 0. The quantitative estimate of drug-likeness (QED) is 0.615. The second kappa shape index (κ2) is 5.29. The highest BCUT2D eigenvalue weighted by Gasteiger charge is 2.59. The lowest BCUT2D eigenvalue weighted by Gasteiger charge is -2.50. The zero-order chi connectivity index (χ0) is 15.6. The SMILES string of the molecule is BC1C(C)C(C)C2OC3C(C)C(C)C(C)C(C)C3C2C1C. The Morgan fingerprint density at radius 3 is 1.52 bits per heavy atom. The van der Waals surface area contributed by atoms with Crippen LogP contribution in [0.2, 0.25) is 5.82 Å². The zero-order valence-electron chi connectivity index (χ0n) is 15.3. The third-order valence-corrected chi connectivity index (χ3v) is 8.74. The van der Waals surface area contributed by atoms with Crippen molar-refractivity contribution in [1.82, 2.24) is 0 Å². The summed E-state index contributed by atoms with van der Waals surface area (Å²) in [7, 11) is 2.48. The molecule has 2 heteroatoms. The van der Waals surface area contributed by atoms with Crippen molar-refractivity contribution in [1.29, 1.82) is 0 Å². The zero-order valence-corrected chi connectivity index (χ0v) is 15.3. The number of rotatable bonds is 0. The van der Waals surface area contributed by atoms with Crippen LogP contribution < -0.4 is 0 Å². The van der Waals surface area contributed by atoms with E-state index in [4.69, 9.17) is 4.74 Å². The Morgan fingerprint density at radius 2 is 0.952 bits per heavy atom. The molecule has 3 rings (SSSR count). The van der Waals surface area contributed by atoms with Gasteiger partial charge in [0.05, 0.1) is 12.2 Å². The van der Waals surface area contributed by atoms with Crippen molar-refractivity contribution >= 4 is 7.85 Å². The van der Waals surface area contributed by atoms with Crippen LogP contribution in [-0.2, 0) is 4.74 Å². The third-order valence-electron chi connectivity index (χ3n) is 8.74. The summed E-state index contributed by atoms with van der Waals surface area (Å²) >= 11 is 0. The van der Waals surface area contributed by atoms with Gasteiger partial charge in [0.1, 0.15) is 7.85 Å². The minimum absolute atomic E-state index is 0.517. The summed E-state index contributed by atoms with van der Waals surface area (Å²) in [5.74, 6) is 7.91. The number of fused-ring (bicyclic) bond motifs is 3. The molecule has 12 atom stereocenters. The minimum atomic E-state index is 0.517. The summed E-state index contributed by atoms with van der Waals surface area (Å²) in [6.07, 6.45) is 1.03. The Hall–Kier alpha value is 0.0249. The van der Waals surface area contributed by atoms with Crippen molar-refractivity contribution in [2.45, 2.75) is 66.5 Å². The maximum atomic E-state index is 6.77. The first kappa shape index (κ1) is 15.9. The van der Waals surface area contributed by atoms with Crippen molar-refractivity contribution in [3.63, 3.8) is 0 Å². The molecule has 0 N–H and O–H groups in total. The fourth-order valence-electron chi connectivity index (χ4n) is 6.26. The number of hydrogen-bond acceptors (Lipinski definition) is 1. The van der Waals surface area contributed by atoms with Gasteiger partial charge in [-0.1, -0.05) is 54.3 Å². The lowest BCUT2D eigenvalue weighted by Crippen LogP contribution is -2.48. The number of ether oxygens (including phenoxy) is 1. The molecule has 1 heterocycles. The molecule has 120 valence electrons. The van der Waals surface area contributed by atoms with Gasteiger partial charge in [0, 0.05) is 0 Å². The second-order valence-electron chi connectivity index (χ2n) is 9.09. The van der Waals surface area contributed by atoms with Gasteiger partial charge >= 0.3 is 0 Å². The molecule has 1 saturated heterocycles. The molecule has 12 unspecified atom stereocenters. The standard InChI is InChI=1S/C19H35BO/c1-8-9(2)12(5)18-15(10(8)3)16-14(7)17(20)11(4)13(6)19(16)21-18/h8-19H,20H2,1-7H3. The second-order valence-corrected chi connectivity index (χ2v) is 9.09. The summed E-state index contributed by atoms with van der Waals surface area (Å²) in [4.78, 5) is 0. The van der Waals surface area contributed by atoms with E-state index in [1.807, 2.05) is 0 Å². The Labute approximate surface area is 133 Å². The Morgan fingerprint density at radius 1 is 0.524 bits per heavy atom. The van der Waals surface area contributed by atoms with Gasteiger partial charge in [0.2, 0.25) is 0 Å². The van der Waals surface area contributed by atoms with Gasteiger partial charge in [-0.3, -0.25) is 0 Å². The Kier molecular flexibility index (Phi) is 4.00. The largest absolute Gasteiger partial charge is 0.374 e. The maximum Gasteiger partial charge on any atom is 0.106 e. The highest BCUT2D eigenvalue weighted by molar-refractivity contribution is 6.12. The van der Waals surface area contributed by atoms with Crippen LogP contribution in [0.15, 0.2) is 0 Å². The average molecular weight is 290 g/mol. The first-order valence-corrected chi connectivity index (χ1v) is 9.42. The molecule has 1 aliphatic heterocycles. The predicted molar refractivity (Wildman–Crippen MR) is 92.1 cm³/mol. The van der Waals surface area contributed by atoms with E-state index in [2.05, 4.69) is 56.3 Å². The molecule has 0 bridgehead atoms. The predicted octanol–water partition coefficient (Wildman–Crippen LogP) is 3.89. The molecule has 3 fully saturated rings. The van der Waals surface area contributed by atoms with Crippen LogP contribution in [0.25, 0.3) is 0 Å². The summed E-state index contributed by atoms with van der Waals surface area (Å²) in [5, 5.41) is 0. The molecule has 0 radical (unpaired) electrons. The molecule has 1 nitrogen and oxygen atoms in total. The summed E-state index contributed by atoms with van der Waals surface area (Å²) in [6, 6.07) is 0. The minimum Gasteiger partial charge on any atom is -0.374 e. The van der Waals surface area contributed by atoms with Crippen LogP contribution in [0.3, 0.4) is 0 Å². The molecule has 21 heavy (non-hydrogen) atoms. The fraction of sp³-hybridized carbons (Fsp3) is 1.00. The average Bonchev–Trinajstić information content (AvgIpc) is 2.87. The van der Waals surface area contributed by atoms with Gasteiger partial charge in [0.15, 0.2) is 0 Å². The molecule has 0 spiro atoms. The molecule has 0 amide bonds. The Bertz CT molecular complexity index is 361. The van der Waals surface area contributed by atoms with Gasteiger partial charge < -0.3 is 4.74 Å². The van der Waals surface area contributed by atoms with Crippen molar-refractivity contribution in [2.75, 3.05) is 0 Å². The highest BCUT2D eigenvalue weighted by atomic mass is 16.5. The van der Waals surface area contributed by atoms with Crippen molar-refractivity contribution in [2.24, 2.45) is 53.3 Å². The van der Waals surface area contributed by atoms with E-state index in [0.29, 0.717) is 12.2 Å². The summed E-state index contributed by atoms with van der Waals surface area (Å²) in [6.45, 7) is 17.3. The smallest absolute Gasteiger partial charge is 0.106 e. The fourth-order valence-corrected chi connectivity index (χ4v) is 6.26. The van der Waals surface area contributed by atoms with Gasteiger partial charge in [-0.15, -0.1) is 0 Å². The lowest BCUT2D eigenvalue weighted by molar-refractivity contribution is -0.0811. The normalized spacial score (nSPS) is 64.0. The van der Waals surface area contributed by atoms with Crippen molar-refractivity contribution in [3.05, 3.63) is 0 Å². The molecule has 2 aliphatic carbocycles. The van der Waals surface area contributed by atoms with Crippen LogP contribution >= 0.6 is 0 Å². The highest BCUT2D eigenvalue weighted by Crippen LogP contribution is 2.59. The first-order chi connectivity index (χ1) is 9.77. The lowest BCUT2D eigenvalue weighted by atomic mass is 9.50. The molecule has 0 aromatic rings. The molecule has 2 saturated carbocycles. The molecule has 0 aromatic carbocycles. The van der Waals surface area contributed by atoms with Crippen LogP contribution in [0, 0.1) is 53.3 Å². The van der Waals surface area contributed by atoms with E-state index >= 15 is 0 Å². The van der Waals surface area contributed by atoms with Crippen LogP contribution in [0.4, 0.5) is 0 Å². The van der Waals surface area contributed by atoms with E-state index in [0.717, 1.165) is 59.1 Å². The van der Waals surface area contributed by atoms with E-state index < -0.39 is 0 Å². The van der Waals surface area contributed by atoms with Gasteiger partial charge in [-0.2, -0.15) is 0 Å². The number of hydrogen-bond donors (Lipinski definition) is 0. The molecule has 0 aromatic heterocycles. The van der Waals surface area contributed by atoms with Crippen LogP contribution in [-0.4, -0.2) is 20.1 Å². The summed E-state index contributed by atoms with van der Waals surface area (Å²) < 4.78 is 6.77. The van der Waals surface area contributed by atoms with E-state index in [9.17, 15) is 0 Å². The van der Waals surface area contributed by atoms with E-state index in [1.54, 1.807) is 0 Å². The van der Waals surface area contributed by atoms with Crippen LogP contribution in [0.5, 0.6) is 0 Å². The third kappa shape index (κ3) is 2.07. The van der Waals surface area contributed by atoms with Gasteiger partial charge in [-0.05, 0) is 53.3 Å². The van der Waals surface area contributed by atoms with Crippen molar-refractivity contribution in [3.8, 4) is 0 Å². The van der Waals surface area contributed by atoms with Crippen molar-refractivity contribution < 1.29 is 4.74 Å². The molecule has 3 aliphatic rings. The van der Waals surface area contributed by atoms with E-state index in [1.165, 1.54) is 0 Å². The first-order valence-electron chi connectivity index (χ1n) is 9.42. The monoisotopic (exact) mass is 290 g/mol. The van der Waals surface area contributed by atoms with E-state index in [-0.39, 0.29) is 0 Å². The Balaban J connectivity index is 1.96. The van der Waals surface area contributed by atoms with Crippen LogP contribution in [0.1, 0.15) is 48.5 Å². The molecular formula is C19H35BO. The molecular weight excluding hydrogens is 255 g/mol. The van der Waals surface area contributed by atoms with Gasteiger partial charge in [-0.25, -0.2) is 0 Å². The van der Waals surface area contributed by atoms with Gasteiger partial charge in [0.25, 0.3) is 0 Å². The maximum absolute atomic E-state index is 6.77. The topological polar surface area (TPSA) is 9.23 Å².